The minimum Gasteiger partial charge on any atom is -0.301 e. The minimum atomic E-state index is -1.11. The van der Waals surface area contributed by atoms with Crippen molar-refractivity contribution < 1.29 is 9.59 Å². The number of aliphatic imine (C=N–C) groups is 1. The number of carbonyl (C=O) groups is 2. The number of aromatic nitrogens is 1. The number of fused-ring (bicyclic) bond motifs is 1. The van der Waals surface area contributed by atoms with Crippen LogP contribution in [0.25, 0.3) is 10.9 Å². The highest BCUT2D eigenvalue weighted by Gasteiger charge is 2.38. The summed E-state index contributed by atoms with van der Waals surface area (Å²) in [6, 6.07) is 15.9. The summed E-state index contributed by atoms with van der Waals surface area (Å²) in [5.41, 5.74) is 1.78. The maximum Gasteiger partial charge on any atom is 0.251 e. The minimum absolute atomic E-state index is 0.0220. The summed E-state index contributed by atoms with van der Waals surface area (Å²) in [5, 5.41) is 4.03. The lowest BCUT2D eigenvalue weighted by molar-refractivity contribution is -0.130. The number of amides is 2. The van der Waals surface area contributed by atoms with Crippen LogP contribution in [0.5, 0.6) is 0 Å². The largest absolute Gasteiger partial charge is 0.301 e. The number of rotatable bonds is 3. The van der Waals surface area contributed by atoms with Crippen LogP contribution in [-0.4, -0.2) is 28.1 Å². The summed E-state index contributed by atoms with van der Waals surface area (Å²) in [6.45, 7) is 0. The Kier molecular flexibility index (Phi) is 4.85. The van der Waals surface area contributed by atoms with Gasteiger partial charge in [-0.05, 0) is 48.6 Å². The van der Waals surface area contributed by atoms with Crippen LogP contribution in [-0.2, 0) is 9.59 Å². The van der Waals surface area contributed by atoms with Crippen molar-refractivity contribution in [2.75, 3.05) is 4.90 Å². The Morgan fingerprint density at radius 3 is 2.64 bits per heavy atom. The summed E-state index contributed by atoms with van der Waals surface area (Å²) in [6.07, 6.45) is 2.99. The molecule has 1 aliphatic rings. The van der Waals surface area contributed by atoms with Crippen molar-refractivity contribution in [3.05, 3.63) is 65.8 Å². The molecule has 138 valence electrons. The van der Waals surface area contributed by atoms with Crippen molar-refractivity contribution in [1.82, 2.24) is 10.3 Å². The third-order valence-corrected chi connectivity index (χ3v) is 4.80. The fraction of sp³-hybridized carbons (Fsp3) is 0.0500. The van der Waals surface area contributed by atoms with Gasteiger partial charge in [0.25, 0.3) is 5.91 Å². The van der Waals surface area contributed by atoms with E-state index in [0.29, 0.717) is 21.9 Å². The Labute approximate surface area is 170 Å². The average Bonchev–Trinajstić information content (AvgIpc) is 2.69. The summed E-state index contributed by atoms with van der Waals surface area (Å²) in [5.74, 6) is -2.11. The van der Waals surface area contributed by atoms with Crippen LogP contribution < -0.4 is 10.2 Å². The molecule has 6 nitrogen and oxygen atoms in total. The van der Waals surface area contributed by atoms with Crippen molar-refractivity contribution in [3.8, 4) is 0 Å². The molecule has 1 aliphatic heterocycles. The zero-order valence-electron chi connectivity index (χ0n) is 14.4. The molecule has 0 unspecified atom stereocenters. The number of thiocarbonyl (C=S) groups is 1. The highest BCUT2D eigenvalue weighted by atomic mass is 35.5. The van der Waals surface area contributed by atoms with Crippen molar-refractivity contribution in [1.29, 1.82) is 0 Å². The van der Waals surface area contributed by atoms with E-state index in [4.69, 9.17) is 23.8 Å². The second-order valence-corrected chi connectivity index (χ2v) is 6.88. The molecule has 1 N–H and O–H groups in total. The summed E-state index contributed by atoms with van der Waals surface area (Å²) in [7, 11) is 0. The van der Waals surface area contributed by atoms with Crippen LogP contribution in [0.4, 0.5) is 11.4 Å². The molecule has 2 heterocycles. The van der Waals surface area contributed by atoms with Crippen LogP contribution >= 0.6 is 23.8 Å². The molecule has 0 radical (unpaired) electrons. The van der Waals surface area contributed by atoms with Gasteiger partial charge in [0.05, 0.1) is 16.9 Å². The smallest absolute Gasteiger partial charge is 0.251 e. The number of benzene rings is 2. The van der Waals surface area contributed by atoms with E-state index < -0.39 is 17.7 Å². The van der Waals surface area contributed by atoms with Gasteiger partial charge in [-0.15, -0.1) is 0 Å². The van der Waals surface area contributed by atoms with Crippen molar-refractivity contribution in [2.45, 2.75) is 0 Å². The van der Waals surface area contributed by atoms with E-state index in [0.717, 1.165) is 5.39 Å². The van der Waals surface area contributed by atoms with Gasteiger partial charge in [-0.1, -0.05) is 29.8 Å². The van der Waals surface area contributed by atoms with Gasteiger partial charge in [0.15, 0.2) is 11.0 Å². The van der Waals surface area contributed by atoms with Crippen molar-refractivity contribution >= 4 is 69.2 Å². The molecule has 1 fully saturated rings. The van der Waals surface area contributed by atoms with E-state index in [1.807, 2.05) is 24.3 Å². The Morgan fingerprint density at radius 2 is 1.86 bits per heavy atom. The lowest BCUT2D eigenvalue weighted by Crippen LogP contribution is -2.58. The third kappa shape index (κ3) is 3.37. The second-order valence-electron chi connectivity index (χ2n) is 6.05. The SMILES string of the molecule is O=C1NC(=S)N(c2ccc(Cl)cc2)C(=O)[C@@H]1C=Nc1cccc2cccnc12. The number of para-hydroxylation sites is 1. The normalized spacial score (nSPS) is 17.4. The number of hydrogen-bond donors (Lipinski definition) is 1. The number of nitrogens with zero attached hydrogens (tertiary/aromatic N) is 3. The van der Waals surface area contributed by atoms with Crippen LogP contribution in [0.1, 0.15) is 0 Å². The fourth-order valence-corrected chi connectivity index (χ4v) is 3.33. The summed E-state index contributed by atoms with van der Waals surface area (Å²) >= 11 is 11.1. The van der Waals surface area contributed by atoms with Gasteiger partial charge in [-0.25, -0.2) is 0 Å². The molecule has 4 rings (SSSR count). The molecule has 3 aromatic rings. The first kappa shape index (κ1) is 18.2. The number of carbonyl (C=O) groups excluding carboxylic acids is 2. The van der Waals surface area contributed by atoms with Crippen LogP contribution in [0.3, 0.4) is 0 Å². The Hall–Kier alpha value is -3.16. The van der Waals surface area contributed by atoms with E-state index in [2.05, 4.69) is 15.3 Å². The van der Waals surface area contributed by atoms with E-state index in [-0.39, 0.29) is 5.11 Å². The Bertz CT molecular complexity index is 1130. The lowest BCUT2D eigenvalue weighted by Gasteiger charge is -2.30. The molecule has 28 heavy (non-hydrogen) atoms. The number of nitrogens with one attached hydrogen (secondary N) is 1. The van der Waals surface area contributed by atoms with E-state index in [1.165, 1.54) is 11.1 Å². The number of anilines is 1. The molecule has 0 saturated carbocycles. The van der Waals surface area contributed by atoms with Crippen LogP contribution in [0.15, 0.2) is 65.8 Å². The first-order valence-corrected chi connectivity index (χ1v) is 9.15. The van der Waals surface area contributed by atoms with Gasteiger partial charge in [-0.2, -0.15) is 0 Å². The fourth-order valence-electron chi connectivity index (χ4n) is 2.90. The quantitative estimate of drug-likeness (QED) is 0.408. The molecule has 0 spiro atoms. The predicted molar refractivity (Wildman–Crippen MR) is 113 cm³/mol. The summed E-state index contributed by atoms with van der Waals surface area (Å²) in [4.78, 5) is 35.3. The third-order valence-electron chi connectivity index (χ3n) is 4.26. The molecule has 2 aromatic carbocycles. The lowest BCUT2D eigenvalue weighted by atomic mass is 10.1. The highest BCUT2D eigenvalue weighted by Crippen LogP contribution is 2.25. The topological polar surface area (TPSA) is 74.7 Å². The molecule has 1 saturated heterocycles. The molecule has 8 heteroatoms. The molecule has 1 atom stereocenters. The second kappa shape index (κ2) is 7.46. The predicted octanol–water partition coefficient (Wildman–Crippen LogP) is 3.65. The zero-order chi connectivity index (χ0) is 19.7. The van der Waals surface area contributed by atoms with Gasteiger partial charge >= 0.3 is 0 Å². The average molecular weight is 409 g/mol. The van der Waals surface area contributed by atoms with Gasteiger partial charge in [0.1, 0.15) is 0 Å². The van der Waals surface area contributed by atoms with Crippen molar-refractivity contribution in [2.24, 2.45) is 10.9 Å². The van der Waals surface area contributed by atoms with E-state index in [9.17, 15) is 9.59 Å². The van der Waals surface area contributed by atoms with E-state index >= 15 is 0 Å². The summed E-state index contributed by atoms with van der Waals surface area (Å²) < 4.78 is 0. The van der Waals surface area contributed by atoms with Crippen LogP contribution in [0.2, 0.25) is 5.02 Å². The molecular formula is C20H13ClN4O2S. The van der Waals surface area contributed by atoms with Crippen LogP contribution in [0, 0.1) is 5.92 Å². The maximum atomic E-state index is 13.0. The van der Waals surface area contributed by atoms with E-state index in [1.54, 1.807) is 36.5 Å². The molecule has 0 aliphatic carbocycles. The maximum absolute atomic E-state index is 13.0. The monoisotopic (exact) mass is 408 g/mol. The van der Waals surface area contributed by atoms with Crippen molar-refractivity contribution in [3.63, 3.8) is 0 Å². The molecule has 0 bridgehead atoms. The first-order valence-electron chi connectivity index (χ1n) is 8.37. The van der Waals surface area contributed by atoms with Gasteiger partial charge < -0.3 is 5.32 Å². The van der Waals surface area contributed by atoms with Gasteiger partial charge in [0, 0.05) is 22.8 Å². The van der Waals surface area contributed by atoms with Gasteiger partial charge in [-0.3, -0.25) is 24.5 Å². The number of pyridine rings is 1. The standard InChI is InChI=1S/C20H13ClN4O2S/c21-13-6-8-14(9-7-13)25-19(27)15(18(26)24-20(25)28)11-23-16-5-1-3-12-4-2-10-22-17(12)16/h1-11,15H,(H,24,26,28)/t15-/m1/s1. The molecule has 1 aromatic heterocycles. The zero-order valence-corrected chi connectivity index (χ0v) is 15.9. The highest BCUT2D eigenvalue weighted by molar-refractivity contribution is 7.80. The number of halogens is 1. The van der Waals surface area contributed by atoms with Gasteiger partial charge in [0.2, 0.25) is 5.91 Å². The molecule has 2 amide bonds. The molecular weight excluding hydrogens is 396 g/mol. The first-order chi connectivity index (χ1) is 13.5. The Balaban J connectivity index is 1.67. The Morgan fingerprint density at radius 1 is 1.11 bits per heavy atom. The number of hydrogen-bond acceptors (Lipinski definition) is 5.